The zero-order chi connectivity index (χ0) is 22.0. The number of carbonyl (C=O) groups excluding carboxylic acids is 1. The topological polar surface area (TPSA) is 70.5 Å². The molecule has 4 rings (SSSR count). The van der Waals surface area contributed by atoms with Crippen molar-refractivity contribution in [3.05, 3.63) is 64.6 Å². The van der Waals surface area contributed by atoms with Crippen molar-refractivity contribution >= 4 is 28.1 Å². The highest BCUT2D eigenvalue weighted by atomic mass is 16.2. The fraction of sp³-hybridized carbons (Fsp3) is 0.375. The average Bonchev–Trinajstić information content (AvgIpc) is 2.76. The summed E-state index contributed by atoms with van der Waals surface area (Å²) in [6, 6.07) is 15.0. The lowest BCUT2D eigenvalue weighted by molar-refractivity contribution is 0.102. The predicted octanol–water partition coefficient (Wildman–Crippen LogP) is 3.06. The van der Waals surface area contributed by atoms with E-state index in [-0.39, 0.29) is 23.1 Å². The first-order valence-electron chi connectivity index (χ1n) is 10.8. The number of rotatable bonds is 5. The molecule has 0 aliphatic carbocycles. The Kier molecular flexibility index (Phi) is 6.04. The molecule has 2 aromatic carbocycles. The van der Waals surface area contributed by atoms with Crippen LogP contribution in [-0.4, -0.2) is 53.8 Å². The Hall–Kier alpha value is -3.19. The monoisotopic (exact) mass is 419 g/mol. The first-order chi connectivity index (χ1) is 14.9. The smallest absolute Gasteiger partial charge is 0.276 e. The quantitative estimate of drug-likeness (QED) is 0.688. The molecule has 7 nitrogen and oxygen atoms in total. The Morgan fingerprint density at radius 3 is 2.29 bits per heavy atom. The molecule has 162 valence electrons. The van der Waals surface area contributed by atoms with Crippen molar-refractivity contribution in [1.29, 1.82) is 0 Å². The summed E-state index contributed by atoms with van der Waals surface area (Å²) < 4.78 is 1.40. The van der Waals surface area contributed by atoms with Crippen molar-refractivity contribution in [3.63, 3.8) is 0 Å². The third-order valence-corrected chi connectivity index (χ3v) is 5.61. The summed E-state index contributed by atoms with van der Waals surface area (Å²) in [5.41, 5.74) is 1.95. The third kappa shape index (κ3) is 4.61. The molecule has 1 amide bonds. The minimum atomic E-state index is -0.318. The summed E-state index contributed by atoms with van der Waals surface area (Å²) in [6.45, 7) is 8.58. The molecule has 1 aromatic heterocycles. The van der Waals surface area contributed by atoms with Gasteiger partial charge in [0.1, 0.15) is 0 Å². The molecule has 1 saturated heterocycles. The molecule has 1 N–H and O–H groups in total. The van der Waals surface area contributed by atoms with Gasteiger partial charge in [-0.05, 0) is 43.3 Å². The maximum atomic E-state index is 13.1. The Morgan fingerprint density at radius 2 is 1.65 bits per heavy atom. The van der Waals surface area contributed by atoms with Crippen LogP contribution >= 0.6 is 0 Å². The zero-order valence-electron chi connectivity index (χ0n) is 18.3. The van der Waals surface area contributed by atoms with Crippen LogP contribution in [0.4, 0.5) is 11.4 Å². The van der Waals surface area contributed by atoms with E-state index in [0.29, 0.717) is 23.0 Å². The highest BCUT2D eigenvalue weighted by Crippen LogP contribution is 2.21. The largest absolute Gasteiger partial charge is 0.369 e. The Labute approximate surface area is 182 Å². The van der Waals surface area contributed by atoms with Crippen LogP contribution in [0.15, 0.2) is 53.3 Å². The number of piperazine rings is 1. The Bertz CT molecular complexity index is 1130. The standard InChI is InChI=1S/C24H29N5O2/c1-17(2)16-29-24(31)21-7-5-4-6-20(21)22(26-29)23(30)25-18-8-10-19(11-9-18)28-14-12-27(3)13-15-28/h4-11,17H,12-16H2,1-3H3,(H,25,30). The Balaban J connectivity index is 1.58. The predicted molar refractivity (Wildman–Crippen MR) is 125 cm³/mol. The van der Waals surface area contributed by atoms with E-state index in [1.807, 2.05) is 50.2 Å². The summed E-state index contributed by atoms with van der Waals surface area (Å²) in [4.78, 5) is 30.5. The van der Waals surface area contributed by atoms with E-state index in [4.69, 9.17) is 0 Å². The van der Waals surface area contributed by atoms with Gasteiger partial charge in [0.05, 0.1) is 5.39 Å². The summed E-state index contributed by atoms with van der Waals surface area (Å²) in [5, 5.41) is 8.43. The van der Waals surface area contributed by atoms with Crippen molar-refractivity contribution in [2.45, 2.75) is 20.4 Å². The molecule has 0 bridgehead atoms. The molecule has 31 heavy (non-hydrogen) atoms. The van der Waals surface area contributed by atoms with Crippen LogP contribution in [0.25, 0.3) is 10.8 Å². The zero-order valence-corrected chi connectivity index (χ0v) is 18.3. The summed E-state index contributed by atoms with van der Waals surface area (Å²) >= 11 is 0. The second kappa shape index (κ2) is 8.89. The van der Waals surface area contributed by atoms with Crippen molar-refractivity contribution < 1.29 is 4.79 Å². The van der Waals surface area contributed by atoms with Gasteiger partial charge in [-0.25, -0.2) is 4.68 Å². The van der Waals surface area contributed by atoms with Crippen LogP contribution in [0.1, 0.15) is 24.3 Å². The van der Waals surface area contributed by atoms with Crippen LogP contribution in [0.3, 0.4) is 0 Å². The minimum Gasteiger partial charge on any atom is -0.369 e. The maximum Gasteiger partial charge on any atom is 0.276 e. The molecule has 7 heteroatoms. The van der Waals surface area contributed by atoms with Crippen molar-refractivity contribution in [2.24, 2.45) is 5.92 Å². The lowest BCUT2D eigenvalue weighted by Gasteiger charge is -2.34. The molecular weight excluding hydrogens is 390 g/mol. The first-order valence-corrected chi connectivity index (χ1v) is 10.8. The second-order valence-electron chi connectivity index (χ2n) is 8.57. The summed E-state index contributed by atoms with van der Waals surface area (Å²) in [7, 11) is 2.14. The first kappa shape index (κ1) is 21.1. The van der Waals surface area contributed by atoms with Crippen molar-refractivity contribution in [3.8, 4) is 0 Å². The lowest BCUT2D eigenvalue weighted by atomic mass is 10.1. The van der Waals surface area contributed by atoms with Gasteiger partial charge in [0.15, 0.2) is 5.69 Å². The number of nitrogens with one attached hydrogen (secondary N) is 1. The van der Waals surface area contributed by atoms with Crippen LogP contribution in [0.5, 0.6) is 0 Å². The normalized spacial score (nSPS) is 14.9. The number of anilines is 2. The highest BCUT2D eigenvalue weighted by Gasteiger charge is 2.18. The molecule has 0 spiro atoms. The van der Waals surface area contributed by atoms with Gasteiger partial charge < -0.3 is 15.1 Å². The Morgan fingerprint density at radius 1 is 1.00 bits per heavy atom. The average molecular weight is 420 g/mol. The van der Waals surface area contributed by atoms with E-state index in [9.17, 15) is 9.59 Å². The molecule has 0 atom stereocenters. The van der Waals surface area contributed by atoms with Gasteiger partial charge in [-0.15, -0.1) is 0 Å². The molecular formula is C24H29N5O2. The number of hydrogen-bond donors (Lipinski definition) is 1. The van der Waals surface area contributed by atoms with Crippen LogP contribution in [0, 0.1) is 5.92 Å². The van der Waals surface area contributed by atoms with Crippen LogP contribution in [-0.2, 0) is 6.54 Å². The molecule has 0 radical (unpaired) electrons. The molecule has 1 fully saturated rings. The van der Waals surface area contributed by atoms with Gasteiger partial charge in [0.2, 0.25) is 0 Å². The number of aromatic nitrogens is 2. The number of nitrogens with zero attached hydrogens (tertiary/aromatic N) is 4. The lowest BCUT2D eigenvalue weighted by Crippen LogP contribution is -2.44. The van der Waals surface area contributed by atoms with E-state index < -0.39 is 0 Å². The van der Waals surface area contributed by atoms with Crippen molar-refractivity contribution in [1.82, 2.24) is 14.7 Å². The number of hydrogen-bond acceptors (Lipinski definition) is 5. The van der Waals surface area contributed by atoms with E-state index in [0.717, 1.165) is 31.9 Å². The number of likely N-dealkylation sites (N-methyl/N-ethyl adjacent to an activating group) is 1. The van der Waals surface area contributed by atoms with Crippen LogP contribution < -0.4 is 15.8 Å². The molecule has 2 heterocycles. The van der Waals surface area contributed by atoms with E-state index >= 15 is 0 Å². The summed E-state index contributed by atoms with van der Waals surface area (Å²) in [5.74, 6) is -0.0783. The van der Waals surface area contributed by atoms with E-state index in [1.165, 1.54) is 4.68 Å². The summed E-state index contributed by atoms with van der Waals surface area (Å²) in [6.07, 6.45) is 0. The fourth-order valence-corrected chi connectivity index (χ4v) is 3.88. The van der Waals surface area contributed by atoms with E-state index in [1.54, 1.807) is 12.1 Å². The van der Waals surface area contributed by atoms with Crippen LogP contribution in [0.2, 0.25) is 0 Å². The number of fused-ring (bicyclic) bond motifs is 1. The van der Waals surface area contributed by atoms with Gasteiger partial charge in [-0.3, -0.25) is 9.59 Å². The molecule has 1 aliphatic heterocycles. The third-order valence-electron chi connectivity index (χ3n) is 5.61. The fourth-order valence-electron chi connectivity index (χ4n) is 3.88. The van der Waals surface area contributed by atoms with Crippen molar-refractivity contribution in [2.75, 3.05) is 43.4 Å². The number of benzene rings is 2. The second-order valence-corrected chi connectivity index (χ2v) is 8.57. The number of amides is 1. The van der Waals surface area contributed by atoms with Gasteiger partial charge in [0.25, 0.3) is 11.5 Å². The van der Waals surface area contributed by atoms with Gasteiger partial charge in [-0.1, -0.05) is 32.0 Å². The van der Waals surface area contributed by atoms with Gasteiger partial charge in [-0.2, -0.15) is 5.10 Å². The highest BCUT2D eigenvalue weighted by molar-refractivity contribution is 6.11. The number of carbonyl (C=O) groups is 1. The van der Waals surface area contributed by atoms with Gasteiger partial charge >= 0.3 is 0 Å². The molecule has 1 aliphatic rings. The van der Waals surface area contributed by atoms with E-state index in [2.05, 4.69) is 27.3 Å². The molecule has 0 saturated carbocycles. The molecule has 0 unspecified atom stereocenters. The molecule has 3 aromatic rings. The van der Waals surface area contributed by atoms with Gasteiger partial charge in [0, 0.05) is 49.5 Å². The SMILES string of the molecule is CC(C)Cn1nc(C(=O)Nc2ccc(N3CCN(C)CC3)cc2)c2ccccc2c1=O. The maximum absolute atomic E-state index is 13.1. The minimum absolute atomic E-state index is 0.169.